The number of hydrogen-bond donors (Lipinski definition) is 2. The van der Waals surface area contributed by atoms with Crippen LogP contribution in [0.1, 0.15) is 18.4 Å². The van der Waals surface area contributed by atoms with Gasteiger partial charge in [0, 0.05) is 20.1 Å². The number of nitrogens with zero attached hydrogens (tertiary/aromatic N) is 1. The Morgan fingerprint density at radius 1 is 0.962 bits per heavy atom. The number of benzene rings is 2. The maximum atomic E-state index is 12.8. The Kier molecular flexibility index (Phi) is 8.26. The molecular formula is C20H26FN3O2. The van der Waals surface area contributed by atoms with E-state index in [1.54, 1.807) is 26.3 Å². The zero-order valence-electron chi connectivity index (χ0n) is 15.3. The van der Waals surface area contributed by atoms with Gasteiger partial charge in [-0.25, -0.2) is 4.39 Å². The van der Waals surface area contributed by atoms with Gasteiger partial charge in [0.15, 0.2) is 5.96 Å². The van der Waals surface area contributed by atoms with Gasteiger partial charge in [-0.2, -0.15) is 0 Å². The molecular weight excluding hydrogens is 333 g/mol. The van der Waals surface area contributed by atoms with Crippen LogP contribution in [0.4, 0.5) is 4.39 Å². The predicted molar refractivity (Wildman–Crippen MR) is 102 cm³/mol. The van der Waals surface area contributed by atoms with Crippen LogP contribution in [0.5, 0.6) is 11.5 Å². The topological polar surface area (TPSA) is 54.9 Å². The Morgan fingerprint density at radius 3 is 2.31 bits per heavy atom. The van der Waals surface area contributed by atoms with E-state index in [9.17, 15) is 4.39 Å². The van der Waals surface area contributed by atoms with E-state index in [-0.39, 0.29) is 5.82 Å². The largest absolute Gasteiger partial charge is 0.497 e. The summed E-state index contributed by atoms with van der Waals surface area (Å²) < 4.78 is 23.5. The normalized spacial score (nSPS) is 11.1. The number of ether oxygens (including phenoxy) is 2. The van der Waals surface area contributed by atoms with Crippen molar-refractivity contribution in [3.8, 4) is 11.5 Å². The molecule has 0 saturated heterocycles. The van der Waals surface area contributed by atoms with Gasteiger partial charge in [-0.05, 0) is 54.8 Å². The fraction of sp³-hybridized carbons (Fsp3) is 0.350. The molecule has 0 aliphatic rings. The highest BCUT2D eigenvalue weighted by Gasteiger charge is 1.99. The van der Waals surface area contributed by atoms with E-state index in [4.69, 9.17) is 9.47 Å². The fourth-order valence-electron chi connectivity index (χ4n) is 2.30. The summed E-state index contributed by atoms with van der Waals surface area (Å²) in [5, 5.41) is 6.55. The summed E-state index contributed by atoms with van der Waals surface area (Å²) in [5.41, 5.74) is 1.15. The van der Waals surface area contributed by atoms with Gasteiger partial charge >= 0.3 is 0 Å². The van der Waals surface area contributed by atoms with E-state index in [1.807, 2.05) is 24.3 Å². The van der Waals surface area contributed by atoms with Gasteiger partial charge in [0.25, 0.3) is 0 Å². The van der Waals surface area contributed by atoms with Crippen molar-refractivity contribution in [3.05, 3.63) is 59.9 Å². The molecule has 0 aromatic heterocycles. The van der Waals surface area contributed by atoms with Crippen LogP contribution in [0, 0.1) is 5.82 Å². The lowest BCUT2D eigenvalue weighted by molar-refractivity contribution is 0.306. The average molecular weight is 359 g/mol. The first-order valence-corrected chi connectivity index (χ1v) is 8.67. The molecule has 0 amide bonds. The maximum absolute atomic E-state index is 12.8. The molecule has 2 aromatic rings. The molecule has 2 rings (SSSR count). The predicted octanol–water partition coefficient (Wildman–Crippen LogP) is 3.36. The summed E-state index contributed by atoms with van der Waals surface area (Å²) in [6.45, 7) is 2.09. The lowest BCUT2D eigenvalue weighted by Gasteiger charge is -2.12. The number of halogens is 1. The molecule has 0 spiro atoms. The summed E-state index contributed by atoms with van der Waals surface area (Å²) in [5.74, 6) is 2.05. The smallest absolute Gasteiger partial charge is 0.191 e. The van der Waals surface area contributed by atoms with Crippen LogP contribution in [-0.4, -0.2) is 33.3 Å². The van der Waals surface area contributed by atoms with Crippen molar-refractivity contribution < 1.29 is 13.9 Å². The second kappa shape index (κ2) is 11.0. The van der Waals surface area contributed by atoms with E-state index in [0.717, 1.165) is 36.7 Å². The van der Waals surface area contributed by atoms with Gasteiger partial charge in [-0.3, -0.25) is 4.99 Å². The first-order valence-electron chi connectivity index (χ1n) is 8.67. The fourth-order valence-corrected chi connectivity index (χ4v) is 2.30. The van der Waals surface area contributed by atoms with Gasteiger partial charge in [0.1, 0.15) is 17.3 Å². The van der Waals surface area contributed by atoms with Crippen LogP contribution in [0.3, 0.4) is 0 Å². The number of unbranched alkanes of at least 4 members (excludes halogenated alkanes) is 1. The molecule has 5 nitrogen and oxygen atoms in total. The second-order valence-electron chi connectivity index (χ2n) is 5.71. The van der Waals surface area contributed by atoms with Crippen LogP contribution in [0.15, 0.2) is 53.5 Å². The summed E-state index contributed by atoms with van der Waals surface area (Å²) in [6, 6.07) is 14.0. The number of guanidine groups is 1. The summed E-state index contributed by atoms with van der Waals surface area (Å²) in [6.07, 6.45) is 1.85. The third-order valence-corrected chi connectivity index (χ3v) is 3.79. The highest BCUT2D eigenvalue weighted by Crippen LogP contribution is 2.12. The van der Waals surface area contributed by atoms with Crippen LogP contribution in [0.2, 0.25) is 0 Å². The SMILES string of the molecule is CN=C(NCCCCOc1ccc(F)cc1)NCc1ccc(OC)cc1. The minimum atomic E-state index is -0.255. The molecule has 0 heterocycles. The van der Waals surface area contributed by atoms with Crippen LogP contribution < -0.4 is 20.1 Å². The molecule has 26 heavy (non-hydrogen) atoms. The van der Waals surface area contributed by atoms with Crippen molar-refractivity contribution in [1.29, 1.82) is 0 Å². The molecule has 0 saturated carbocycles. The first kappa shape index (κ1) is 19.6. The number of rotatable bonds is 9. The summed E-state index contributed by atoms with van der Waals surface area (Å²) in [4.78, 5) is 4.21. The molecule has 0 atom stereocenters. The molecule has 0 aliphatic carbocycles. The van der Waals surface area contributed by atoms with E-state index in [2.05, 4.69) is 15.6 Å². The highest BCUT2D eigenvalue weighted by atomic mass is 19.1. The monoisotopic (exact) mass is 359 g/mol. The van der Waals surface area contributed by atoms with Crippen LogP contribution >= 0.6 is 0 Å². The van der Waals surface area contributed by atoms with Crippen molar-refractivity contribution in [2.24, 2.45) is 4.99 Å². The molecule has 0 bridgehead atoms. The number of aliphatic imine (C=N–C) groups is 1. The minimum absolute atomic E-state index is 0.255. The van der Waals surface area contributed by atoms with Gasteiger partial charge in [-0.15, -0.1) is 0 Å². The van der Waals surface area contributed by atoms with E-state index < -0.39 is 0 Å². The maximum Gasteiger partial charge on any atom is 0.191 e. The van der Waals surface area contributed by atoms with Gasteiger partial charge < -0.3 is 20.1 Å². The Bertz CT molecular complexity index is 672. The molecule has 0 unspecified atom stereocenters. The molecule has 2 N–H and O–H groups in total. The third-order valence-electron chi connectivity index (χ3n) is 3.79. The zero-order valence-corrected chi connectivity index (χ0v) is 15.3. The van der Waals surface area contributed by atoms with Crippen molar-refractivity contribution in [2.75, 3.05) is 27.3 Å². The quantitative estimate of drug-likeness (QED) is 0.410. The highest BCUT2D eigenvalue weighted by molar-refractivity contribution is 5.79. The molecule has 0 radical (unpaired) electrons. The Hall–Kier alpha value is -2.76. The van der Waals surface area contributed by atoms with E-state index in [1.165, 1.54) is 12.1 Å². The Morgan fingerprint density at radius 2 is 1.65 bits per heavy atom. The second-order valence-corrected chi connectivity index (χ2v) is 5.71. The van der Waals surface area contributed by atoms with Crippen molar-refractivity contribution in [3.63, 3.8) is 0 Å². The van der Waals surface area contributed by atoms with Crippen molar-refractivity contribution in [2.45, 2.75) is 19.4 Å². The first-order chi connectivity index (χ1) is 12.7. The van der Waals surface area contributed by atoms with Crippen LogP contribution in [0.25, 0.3) is 0 Å². The molecule has 2 aromatic carbocycles. The Labute approximate surface area is 154 Å². The van der Waals surface area contributed by atoms with E-state index >= 15 is 0 Å². The number of hydrogen-bond acceptors (Lipinski definition) is 3. The molecule has 140 valence electrons. The van der Waals surface area contributed by atoms with Gasteiger partial charge in [0.05, 0.1) is 13.7 Å². The van der Waals surface area contributed by atoms with Crippen LogP contribution in [-0.2, 0) is 6.54 Å². The molecule has 0 fully saturated rings. The minimum Gasteiger partial charge on any atom is -0.497 e. The molecule has 6 heteroatoms. The zero-order chi connectivity index (χ0) is 18.6. The summed E-state index contributed by atoms with van der Waals surface area (Å²) >= 11 is 0. The number of nitrogens with one attached hydrogen (secondary N) is 2. The molecule has 0 aliphatic heterocycles. The lowest BCUT2D eigenvalue weighted by atomic mass is 10.2. The summed E-state index contributed by atoms with van der Waals surface area (Å²) in [7, 11) is 3.41. The lowest BCUT2D eigenvalue weighted by Crippen LogP contribution is -2.37. The number of methoxy groups -OCH3 is 1. The third kappa shape index (κ3) is 7.01. The van der Waals surface area contributed by atoms with Gasteiger partial charge in [0.2, 0.25) is 0 Å². The van der Waals surface area contributed by atoms with Crippen molar-refractivity contribution in [1.82, 2.24) is 10.6 Å². The Balaban J connectivity index is 1.58. The van der Waals surface area contributed by atoms with E-state index in [0.29, 0.717) is 18.9 Å². The average Bonchev–Trinajstić information content (AvgIpc) is 2.68. The van der Waals surface area contributed by atoms with Crippen molar-refractivity contribution >= 4 is 5.96 Å². The standard InChI is InChI=1S/C20H26FN3O2/c1-22-20(24-15-16-5-9-18(25-2)10-6-16)23-13-3-4-14-26-19-11-7-17(21)8-12-19/h5-12H,3-4,13-15H2,1-2H3,(H2,22,23,24). The van der Waals surface area contributed by atoms with Gasteiger partial charge in [-0.1, -0.05) is 12.1 Å².